The first kappa shape index (κ1) is 16.4. The number of carbonyl (C=O) groups is 1. The SMILES string of the molecule is O=C(NCC1(CO)CC1)Nc1ccc(-c2nccn2C(F)F)cc1. The summed E-state index contributed by atoms with van der Waals surface area (Å²) in [5, 5.41) is 14.6. The van der Waals surface area contributed by atoms with E-state index in [2.05, 4.69) is 15.6 Å². The number of amides is 2. The number of aliphatic hydroxyl groups excluding tert-OH is 1. The minimum Gasteiger partial charge on any atom is -0.396 e. The van der Waals surface area contributed by atoms with Crippen LogP contribution in [0.2, 0.25) is 0 Å². The zero-order chi connectivity index (χ0) is 17.2. The van der Waals surface area contributed by atoms with Gasteiger partial charge in [-0.1, -0.05) is 0 Å². The first-order valence-corrected chi connectivity index (χ1v) is 7.60. The molecule has 1 aromatic heterocycles. The number of aliphatic hydroxyl groups is 1. The summed E-state index contributed by atoms with van der Waals surface area (Å²) in [5.74, 6) is 0.166. The van der Waals surface area contributed by atoms with Crippen molar-refractivity contribution in [1.29, 1.82) is 0 Å². The van der Waals surface area contributed by atoms with E-state index in [0.29, 0.717) is 17.8 Å². The first-order chi connectivity index (χ1) is 11.5. The highest BCUT2D eigenvalue weighted by Gasteiger charge is 2.42. The molecule has 1 saturated carbocycles. The number of carbonyl (C=O) groups excluding carboxylic acids is 1. The van der Waals surface area contributed by atoms with E-state index < -0.39 is 6.55 Å². The summed E-state index contributed by atoms with van der Waals surface area (Å²) in [5.41, 5.74) is 0.914. The predicted octanol–water partition coefficient (Wildman–Crippen LogP) is 2.84. The lowest BCUT2D eigenvalue weighted by atomic mass is 10.1. The average molecular weight is 336 g/mol. The molecule has 1 aliphatic rings. The number of benzene rings is 1. The van der Waals surface area contributed by atoms with Gasteiger partial charge in [-0.15, -0.1) is 0 Å². The van der Waals surface area contributed by atoms with Gasteiger partial charge in [0.1, 0.15) is 5.82 Å². The Labute approximate surface area is 137 Å². The number of imidazole rings is 1. The molecule has 1 aliphatic carbocycles. The van der Waals surface area contributed by atoms with Crippen molar-refractivity contribution in [2.24, 2.45) is 5.41 Å². The number of rotatable bonds is 6. The zero-order valence-corrected chi connectivity index (χ0v) is 12.9. The fourth-order valence-corrected chi connectivity index (χ4v) is 2.41. The van der Waals surface area contributed by atoms with Gasteiger partial charge in [0.2, 0.25) is 0 Å². The molecule has 128 valence electrons. The monoisotopic (exact) mass is 336 g/mol. The molecule has 1 aromatic carbocycles. The highest BCUT2D eigenvalue weighted by atomic mass is 19.3. The van der Waals surface area contributed by atoms with Gasteiger partial charge in [0.15, 0.2) is 0 Å². The molecule has 6 nitrogen and oxygen atoms in total. The van der Waals surface area contributed by atoms with Gasteiger partial charge in [-0.3, -0.25) is 4.57 Å². The van der Waals surface area contributed by atoms with Crippen LogP contribution in [0.15, 0.2) is 36.7 Å². The maximum Gasteiger partial charge on any atom is 0.320 e. The fraction of sp³-hybridized carbons (Fsp3) is 0.375. The van der Waals surface area contributed by atoms with Crippen molar-refractivity contribution < 1.29 is 18.7 Å². The molecule has 0 radical (unpaired) electrons. The summed E-state index contributed by atoms with van der Waals surface area (Å²) < 4.78 is 26.5. The number of hydrogen-bond donors (Lipinski definition) is 3. The van der Waals surface area contributed by atoms with Crippen molar-refractivity contribution in [3.63, 3.8) is 0 Å². The highest BCUT2D eigenvalue weighted by molar-refractivity contribution is 5.89. The van der Waals surface area contributed by atoms with E-state index in [9.17, 15) is 18.7 Å². The molecule has 0 aliphatic heterocycles. The van der Waals surface area contributed by atoms with Gasteiger partial charge in [0, 0.05) is 35.6 Å². The van der Waals surface area contributed by atoms with Crippen molar-refractivity contribution in [2.75, 3.05) is 18.5 Å². The Bertz CT molecular complexity index is 711. The quantitative estimate of drug-likeness (QED) is 0.759. The molecule has 0 unspecified atom stereocenters. The second-order valence-electron chi connectivity index (χ2n) is 5.98. The van der Waals surface area contributed by atoms with E-state index in [4.69, 9.17) is 0 Å². The number of hydrogen-bond acceptors (Lipinski definition) is 3. The van der Waals surface area contributed by atoms with E-state index in [1.807, 2.05) is 0 Å². The molecule has 0 atom stereocenters. The molecular formula is C16H18F2N4O2. The van der Waals surface area contributed by atoms with Crippen LogP contribution in [0.25, 0.3) is 11.4 Å². The van der Waals surface area contributed by atoms with Crippen LogP contribution in [0.5, 0.6) is 0 Å². The van der Waals surface area contributed by atoms with Crippen molar-refractivity contribution in [3.8, 4) is 11.4 Å². The Balaban J connectivity index is 1.60. The lowest BCUT2D eigenvalue weighted by molar-refractivity contribution is 0.0720. The number of urea groups is 1. The second kappa shape index (κ2) is 6.56. The smallest absolute Gasteiger partial charge is 0.320 e. The van der Waals surface area contributed by atoms with Crippen LogP contribution in [-0.2, 0) is 0 Å². The molecule has 1 fully saturated rings. The maximum absolute atomic E-state index is 12.9. The van der Waals surface area contributed by atoms with Crippen LogP contribution >= 0.6 is 0 Å². The largest absolute Gasteiger partial charge is 0.396 e. The molecule has 2 aromatic rings. The lowest BCUT2D eigenvalue weighted by Gasteiger charge is -2.13. The van der Waals surface area contributed by atoms with Crippen LogP contribution < -0.4 is 10.6 Å². The molecule has 8 heteroatoms. The first-order valence-electron chi connectivity index (χ1n) is 7.60. The number of anilines is 1. The highest BCUT2D eigenvalue weighted by Crippen LogP contribution is 2.44. The summed E-state index contributed by atoms with van der Waals surface area (Å²) in [4.78, 5) is 15.8. The normalized spacial score (nSPS) is 15.3. The maximum atomic E-state index is 12.9. The van der Waals surface area contributed by atoms with Gasteiger partial charge in [0.25, 0.3) is 0 Å². The standard InChI is InChI=1S/C16H18F2N4O2/c17-14(18)22-8-7-19-13(22)11-1-3-12(4-2-11)21-15(24)20-9-16(10-23)5-6-16/h1-4,7-8,14,23H,5-6,9-10H2,(H2,20,21,24). The molecule has 24 heavy (non-hydrogen) atoms. The van der Waals surface area contributed by atoms with E-state index in [1.54, 1.807) is 24.3 Å². The summed E-state index contributed by atoms with van der Waals surface area (Å²) in [7, 11) is 0. The third-order valence-corrected chi connectivity index (χ3v) is 4.20. The number of alkyl halides is 2. The van der Waals surface area contributed by atoms with Crippen molar-refractivity contribution in [2.45, 2.75) is 19.4 Å². The number of nitrogens with one attached hydrogen (secondary N) is 2. The summed E-state index contributed by atoms with van der Waals surface area (Å²) in [6, 6.07) is 6.12. The molecular weight excluding hydrogens is 318 g/mol. The van der Waals surface area contributed by atoms with Gasteiger partial charge in [-0.2, -0.15) is 8.78 Å². The van der Waals surface area contributed by atoms with Crippen molar-refractivity contribution in [3.05, 3.63) is 36.7 Å². The van der Waals surface area contributed by atoms with Gasteiger partial charge < -0.3 is 15.7 Å². The van der Waals surface area contributed by atoms with Gasteiger partial charge >= 0.3 is 12.6 Å². The van der Waals surface area contributed by atoms with Crippen LogP contribution in [-0.4, -0.2) is 33.8 Å². The van der Waals surface area contributed by atoms with E-state index >= 15 is 0 Å². The summed E-state index contributed by atoms with van der Waals surface area (Å²) in [6.07, 6.45) is 4.36. The fourth-order valence-electron chi connectivity index (χ4n) is 2.41. The Hall–Kier alpha value is -2.48. The molecule has 3 N–H and O–H groups in total. The van der Waals surface area contributed by atoms with Gasteiger partial charge in [-0.25, -0.2) is 9.78 Å². The summed E-state index contributed by atoms with van der Waals surface area (Å²) >= 11 is 0. The van der Waals surface area contributed by atoms with Gasteiger partial charge in [-0.05, 0) is 37.1 Å². The van der Waals surface area contributed by atoms with Crippen LogP contribution in [0.4, 0.5) is 19.3 Å². The van der Waals surface area contributed by atoms with Crippen LogP contribution in [0.3, 0.4) is 0 Å². The average Bonchev–Trinajstić information content (AvgIpc) is 3.19. The lowest BCUT2D eigenvalue weighted by Crippen LogP contribution is -2.35. The molecule has 1 heterocycles. The summed E-state index contributed by atoms with van der Waals surface area (Å²) in [6.45, 7) is -2.16. The van der Waals surface area contributed by atoms with E-state index in [1.165, 1.54) is 12.4 Å². The topological polar surface area (TPSA) is 79.2 Å². The number of nitrogens with zero attached hydrogens (tertiary/aromatic N) is 2. The van der Waals surface area contributed by atoms with E-state index in [-0.39, 0.29) is 23.9 Å². The molecule has 2 amide bonds. The molecule has 0 spiro atoms. The van der Waals surface area contributed by atoms with Crippen LogP contribution in [0, 0.1) is 5.41 Å². The second-order valence-corrected chi connectivity index (χ2v) is 5.98. The Morgan fingerprint density at radius 1 is 1.33 bits per heavy atom. The Kier molecular flexibility index (Phi) is 4.48. The zero-order valence-electron chi connectivity index (χ0n) is 12.9. The van der Waals surface area contributed by atoms with Crippen molar-refractivity contribution >= 4 is 11.7 Å². The predicted molar refractivity (Wildman–Crippen MR) is 84.7 cm³/mol. The molecule has 3 rings (SSSR count). The molecule has 0 saturated heterocycles. The Morgan fingerprint density at radius 2 is 2.04 bits per heavy atom. The molecule has 0 bridgehead atoms. The third-order valence-electron chi connectivity index (χ3n) is 4.20. The van der Waals surface area contributed by atoms with Crippen molar-refractivity contribution in [1.82, 2.24) is 14.9 Å². The third kappa shape index (κ3) is 3.53. The van der Waals surface area contributed by atoms with Gasteiger partial charge in [0.05, 0.1) is 6.61 Å². The minimum atomic E-state index is -2.66. The number of aromatic nitrogens is 2. The van der Waals surface area contributed by atoms with E-state index in [0.717, 1.165) is 17.4 Å². The minimum absolute atomic E-state index is 0.0682. The van der Waals surface area contributed by atoms with Crippen LogP contribution in [0.1, 0.15) is 19.4 Å². The Morgan fingerprint density at radius 3 is 2.62 bits per heavy atom. The number of halogens is 2.